The van der Waals surface area contributed by atoms with Gasteiger partial charge in [0, 0.05) is 42.8 Å². The molecule has 0 saturated carbocycles. The lowest BCUT2D eigenvalue weighted by molar-refractivity contribution is -0.124. The van der Waals surface area contributed by atoms with Crippen molar-refractivity contribution in [3.63, 3.8) is 0 Å². The molecule has 0 spiro atoms. The predicted molar refractivity (Wildman–Crippen MR) is 133 cm³/mol. The molecule has 6 nitrogen and oxygen atoms in total. The summed E-state index contributed by atoms with van der Waals surface area (Å²) < 4.78 is 10.9. The maximum Gasteiger partial charge on any atom is 0.258 e. The molecule has 0 aliphatic carbocycles. The van der Waals surface area contributed by atoms with E-state index in [1.165, 1.54) is 10.6 Å². The number of amides is 1. The van der Waals surface area contributed by atoms with Gasteiger partial charge in [0.1, 0.15) is 11.5 Å². The third-order valence-electron chi connectivity index (χ3n) is 5.96. The molecule has 1 aliphatic rings. The number of ether oxygens (including phenoxy) is 2. The van der Waals surface area contributed by atoms with E-state index >= 15 is 0 Å². The van der Waals surface area contributed by atoms with Gasteiger partial charge < -0.3 is 19.7 Å². The predicted octanol–water partition coefficient (Wildman–Crippen LogP) is 4.20. The van der Waals surface area contributed by atoms with Crippen LogP contribution in [-0.2, 0) is 4.79 Å². The second kappa shape index (κ2) is 11.2. The SMILES string of the molecule is COc1ccc(N2CCN([C@@H](c3cccs3)[C@@H](C)NC(=O)COc3ccccc3)CC2)cc1. The van der Waals surface area contributed by atoms with Gasteiger partial charge in [0.2, 0.25) is 0 Å². The van der Waals surface area contributed by atoms with Gasteiger partial charge in [-0.1, -0.05) is 24.3 Å². The molecule has 0 bridgehead atoms. The maximum absolute atomic E-state index is 12.6. The molecule has 4 rings (SSSR count). The maximum atomic E-state index is 12.6. The normalized spacial score (nSPS) is 16.1. The largest absolute Gasteiger partial charge is 0.497 e. The number of methoxy groups -OCH3 is 1. The minimum atomic E-state index is -0.107. The van der Waals surface area contributed by atoms with Gasteiger partial charge in [-0.25, -0.2) is 0 Å². The van der Waals surface area contributed by atoms with Crippen LogP contribution in [0.25, 0.3) is 0 Å². The molecule has 0 unspecified atom stereocenters. The summed E-state index contributed by atoms with van der Waals surface area (Å²) in [5.74, 6) is 1.46. The number of thiophene rings is 1. The fourth-order valence-electron chi connectivity index (χ4n) is 4.29. The second-order valence-corrected chi connectivity index (χ2v) is 9.12. The highest BCUT2D eigenvalue weighted by molar-refractivity contribution is 7.10. The van der Waals surface area contributed by atoms with Crippen LogP contribution in [-0.4, -0.2) is 56.7 Å². The van der Waals surface area contributed by atoms with E-state index < -0.39 is 0 Å². The lowest BCUT2D eigenvalue weighted by Gasteiger charge is -2.42. The molecule has 1 aromatic heterocycles. The molecule has 1 fully saturated rings. The fraction of sp³-hybridized carbons (Fsp3) is 0.346. The standard InChI is InChI=1S/C26H31N3O3S/c1-20(27-25(30)19-32-23-7-4-3-5-8-23)26(24-9-6-18-33-24)29-16-14-28(15-17-29)21-10-12-22(31-2)13-11-21/h3-13,18,20,26H,14-17,19H2,1-2H3,(H,27,30)/t20-,26-/m1/s1. The topological polar surface area (TPSA) is 54.0 Å². The number of anilines is 1. The van der Waals surface area contributed by atoms with Crippen molar-refractivity contribution in [2.75, 3.05) is 44.8 Å². The first-order valence-corrected chi connectivity index (χ1v) is 12.2. The van der Waals surface area contributed by atoms with Gasteiger partial charge in [-0.05, 0) is 54.8 Å². The number of para-hydroxylation sites is 1. The zero-order valence-corrected chi connectivity index (χ0v) is 20.0. The van der Waals surface area contributed by atoms with Gasteiger partial charge >= 0.3 is 0 Å². The van der Waals surface area contributed by atoms with Gasteiger partial charge in [0.05, 0.1) is 13.2 Å². The molecule has 3 aromatic rings. The average Bonchev–Trinajstić information content (AvgIpc) is 3.38. The number of rotatable bonds is 9. The Hall–Kier alpha value is -3.03. The molecular weight excluding hydrogens is 434 g/mol. The van der Waals surface area contributed by atoms with Crippen LogP contribution in [0.5, 0.6) is 11.5 Å². The highest BCUT2D eigenvalue weighted by atomic mass is 32.1. The highest BCUT2D eigenvalue weighted by Gasteiger charge is 2.31. The van der Waals surface area contributed by atoms with Crippen LogP contribution in [0.15, 0.2) is 72.1 Å². The van der Waals surface area contributed by atoms with Crippen LogP contribution < -0.4 is 19.7 Å². The van der Waals surface area contributed by atoms with Crippen LogP contribution in [0.3, 0.4) is 0 Å². The lowest BCUT2D eigenvalue weighted by Crippen LogP contribution is -2.52. The van der Waals surface area contributed by atoms with Crippen LogP contribution >= 0.6 is 11.3 Å². The van der Waals surface area contributed by atoms with E-state index in [9.17, 15) is 4.79 Å². The van der Waals surface area contributed by atoms with Gasteiger partial charge in [-0.15, -0.1) is 11.3 Å². The van der Waals surface area contributed by atoms with E-state index in [0.717, 1.165) is 31.9 Å². The van der Waals surface area contributed by atoms with Crippen LogP contribution in [0.1, 0.15) is 17.8 Å². The molecule has 2 aromatic carbocycles. The molecule has 1 amide bonds. The zero-order chi connectivity index (χ0) is 23.0. The molecular formula is C26H31N3O3S. The number of nitrogens with one attached hydrogen (secondary N) is 1. The quantitative estimate of drug-likeness (QED) is 0.513. The third kappa shape index (κ3) is 6.06. The van der Waals surface area contributed by atoms with E-state index in [4.69, 9.17) is 9.47 Å². The Morgan fingerprint density at radius 2 is 1.70 bits per heavy atom. The smallest absolute Gasteiger partial charge is 0.258 e. The molecule has 174 valence electrons. The van der Waals surface area contributed by atoms with Crippen LogP contribution in [0.2, 0.25) is 0 Å². The molecule has 1 N–H and O–H groups in total. The Bertz CT molecular complexity index is 987. The highest BCUT2D eigenvalue weighted by Crippen LogP contribution is 2.30. The van der Waals surface area contributed by atoms with Crippen molar-refractivity contribution < 1.29 is 14.3 Å². The second-order valence-electron chi connectivity index (χ2n) is 8.14. The zero-order valence-electron chi connectivity index (χ0n) is 19.1. The monoisotopic (exact) mass is 465 g/mol. The number of nitrogens with zero attached hydrogens (tertiary/aromatic N) is 2. The van der Waals surface area contributed by atoms with E-state index in [2.05, 4.69) is 51.7 Å². The van der Waals surface area contributed by atoms with Crippen molar-refractivity contribution in [3.05, 3.63) is 77.0 Å². The Morgan fingerprint density at radius 1 is 0.970 bits per heavy atom. The number of piperazine rings is 1. The number of carbonyl (C=O) groups excluding carboxylic acids is 1. The lowest BCUT2D eigenvalue weighted by atomic mass is 10.0. The minimum Gasteiger partial charge on any atom is -0.497 e. The van der Waals surface area contributed by atoms with Crippen molar-refractivity contribution >= 4 is 22.9 Å². The molecule has 2 atom stereocenters. The summed E-state index contributed by atoms with van der Waals surface area (Å²) in [6, 6.07) is 22.0. The number of carbonyl (C=O) groups is 1. The fourth-order valence-corrected chi connectivity index (χ4v) is 5.26. The van der Waals surface area contributed by atoms with Crippen LogP contribution in [0.4, 0.5) is 5.69 Å². The summed E-state index contributed by atoms with van der Waals surface area (Å²) in [7, 11) is 1.69. The first-order chi connectivity index (χ1) is 16.1. The Kier molecular flexibility index (Phi) is 7.86. The number of hydrogen-bond donors (Lipinski definition) is 1. The van der Waals surface area contributed by atoms with E-state index in [1.807, 2.05) is 42.5 Å². The summed E-state index contributed by atoms with van der Waals surface area (Å²) in [5.41, 5.74) is 1.21. The van der Waals surface area contributed by atoms with Gasteiger partial charge in [-0.2, -0.15) is 0 Å². The summed E-state index contributed by atoms with van der Waals surface area (Å²) in [4.78, 5) is 18.8. The third-order valence-corrected chi connectivity index (χ3v) is 6.90. The van der Waals surface area contributed by atoms with E-state index in [0.29, 0.717) is 5.75 Å². The first-order valence-electron chi connectivity index (χ1n) is 11.3. The summed E-state index contributed by atoms with van der Waals surface area (Å²) >= 11 is 1.74. The molecule has 2 heterocycles. The molecule has 1 aliphatic heterocycles. The molecule has 0 radical (unpaired) electrons. The Balaban J connectivity index is 1.36. The molecule has 7 heteroatoms. The van der Waals surface area contributed by atoms with Gasteiger partial charge in [0.15, 0.2) is 6.61 Å². The first kappa shape index (κ1) is 23.1. The van der Waals surface area contributed by atoms with Crippen molar-refractivity contribution in [1.29, 1.82) is 0 Å². The van der Waals surface area contributed by atoms with Gasteiger partial charge in [0.25, 0.3) is 5.91 Å². The van der Waals surface area contributed by atoms with Crippen LogP contribution in [0, 0.1) is 0 Å². The summed E-state index contributed by atoms with van der Waals surface area (Å²) in [6.07, 6.45) is 0. The van der Waals surface area contributed by atoms with Crippen molar-refractivity contribution in [2.45, 2.75) is 19.0 Å². The Morgan fingerprint density at radius 3 is 2.33 bits per heavy atom. The number of hydrogen-bond acceptors (Lipinski definition) is 6. The van der Waals surface area contributed by atoms with E-state index in [-0.39, 0.29) is 24.6 Å². The van der Waals surface area contributed by atoms with Crippen molar-refractivity contribution in [1.82, 2.24) is 10.2 Å². The van der Waals surface area contributed by atoms with Gasteiger partial charge in [-0.3, -0.25) is 9.69 Å². The minimum absolute atomic E-state index is 0.0107. The Labute approximate surface area is 199 Å². The average molecular weight is 466 g/mol. The number of benzene rings is 2. The molecule has 1 saturated heterocycles. The van der Waals surface area contributed by atoms with Crippen molar-refractivity contribution in [3.8, 4) is 11.5 Å². The van der Waals surface area contributed by atoms with E-state index in [1.54, 1.807) is 18.4 Å². The molecule has 33 heavy (non-hydrogen) atoms. The summed E-state index contributed by atoms with van der Waals surface area (Å²) in [5, 5.41) is 5.27. The van der Waals surface area contributed by atoms with Crippen molar-refractivity contribution in [2.24, 2.45) is 0 Å². The summed E-state index contributed by atoms with van der Waals surface area (Å²) in [6.45, 7) is 5.82.